The highest BCUT2D eigenvalue weighted by atomic mass is 16.5. The molecule has 1 aromatic carbocycles. The van der Waals surface area contributed by atoms with E-state index in [-0.39, 0.29) is 12.1 Å². The number of rotatable bonds is 5. The standard InChI is InChI=1S/C17H22N2O/c1-12-8-9-15(17(11-12)20-4)13(2)19-14(3)16-7-5-6-10-18-16/h5-11,13-14,19H,1-4H3. The van der Waals surface area contributed by atoms with Gasteiger partial charge in [0.25, 0.3) is 0 Å². The monoisotopic (exact) mass is 270 g/mol. The van der Waals surface area contributed by atoms with Crippen LogP contribution in [0.1, 0.15) is 42.8 Å². The maximum Gasteiger partial charge on any atom is 0.123 e. The molecule has 0 bridgehead atoms. The van der Waals surface area contributed by atoms with Crippen molar-refractivity contribution in [3.8, 4) is 5.75 Å². The van der Waals surface area contributed by atoms with Gasteiger partial charge in [-0.2, -0.15) is 0 Å². The number of methoxy groups -OCH3 is 1. The minimum absolute atomic E-state index is 0.192. The molecule has 20 heavy (non-hydrogen) atoms. The van der Waals surface area contributed by atoms with E-state index in [9.17, 15) is 0 Å². The van der Waals surface area contributed by atoms with E-state index in [1.54, 1.807) is 7.11 Å². The van der Waals surface area contributed by atoms with E-state index in [1.165, 1.54) is 11.1 Å². The lowest BCUT2D eigenvalue weighted by Crippen LogP contribution is -2.23. The van der Waals surface area contributed by atoms with Crippen LogP contribution in [-0.2, 0) is 0 Å². The summed E-state index contributed by atoms with van der Waals surface area (Å²) in [6.07, 6.45) is 1.82. The smallest absolute Gasteiger partial charge is 0.123 e. The summed E-state index contributed by atoms with van der Waals surface area (Å²) in [7, 11) is 1.72. The summed E-state index contributed by atoms with van der Waals surface area (Å²) in [5.41, 5.74) is 3.42. The summed E-state index contributed by atoms with van der Waals surface area (Å²) in [4.78, 5) is 4.39. The fraction of sp³-hybridized carbons (Fsp3) is 0.353. The van der Waals surface area contributed by atoms with Crippen molar-refractivity contribution in [1.82, 2.24) is 10.3 Å². The van der Waals surface area contributed by atoms with Crippen molar-refractivity contribution < 1.29 is 4.74 Å². The zero-order valence-corrected chi connectivity index (χ0v) is 12.6. The Morgan fingerprint density at radius 1 is 1.10 bits per heavy atom. The van der Waals surface area contributed by atoms with Gasteiger partial charge in [0.15, 0.2) is 0 Å². The van der Waals surface area contributed by atoms with Gasteiger partial charge in [-0.05, 0) is 44.5 Å². The third-order valence-electron chi connectivity index (χ3n) is 3.49. The molecule has 0 saturated heterocycles. The Hall–Kier alpha value is -1.87. The minimum atomic E-state index is 0.192. The van der Waals surface area contributed by atoms with E-state index in [1.807, 2.05) is 24.4 Å². The Kier molecular flexibility index (Phi) is 4.74. The molecule has 0 fully saturated rings. The third-order valence-corrected chi connectivity index (χ3v) is 3.49. The van der Waals surface area contributed by atoms with Gasteiger partial charge in [0, 0.05) is 23.8 Å². The van der Waals surface area contributed by atoms with Crippen molar-refractivity contribution >= 4 is 0 Å². The molecule has 0 aliphatic rings. The molecule has 0 saturated carbocycles. The molecule has 0 spiro atoms. The first kappa shape index (κ1) is 14.5. The first-order valence-corrected chi connectivity index (χ1v) is 6.93. The van der Waals surface area contributed by atoms with Gasteiger partial charge in [-0.25, -0.2) is 0 Å². The molecule has 2 atom stereocenters. The van der Waals surface area contributed by atoms with Crippen molar-refractivity contribution in [2.24, 2.45) is 0 Å². The van der Waals surface area contributed by atoms with Gasteiger partial charge in [-0.1, -0.05) is 18.2 Å². The zero-order chi connectivity index (χ0) is 14.5. The molecule has 1 N–H and O–H groups in total. The molecule has 0 amide bonds. The summed E-state index contributed by atoms with van der Waals surface area (Å²) in [6.45, 7) is 6.34. The summed E-state index contributed by atoms with van der Waals surface area (Å²) in [6, 6.07) is 12.7. The number of hydrogen-bond acceptors (Lipinski definition) is 3. The quantitative estimate of drug-likeness (QED) is 0.897. The first-order valence-electron chi connectivity index (χ1n) is 6.93. The van der Waals surface area contributed by atoms with Crippen LogP contribution in [0.25, 0.3) is 0 Å². The van der Waals surface area contributed by atoms with Crippen LogP contribution in [-0.4, -0.2) is 12.1 Å². The number of aromatic nitrogens is 1. The van der Waals surface area contributed by atoms with Crippen molar-refractivity contribution in [3.63, 3.8) is 0 Å². The Balaban J connectivity index is 2.14. The zero-order valence-electron chi connectivity index (χ0n) is 12.6. The fourth-order valence-electron chi connectivity index (χ4n) is 2.36. The topological polar surface area (TPSA) is 34.1 Å². The second-order valence-corrected chi connectivity index (χ2v) is 5.11. The summed E-state index contributed by atoms with van der Waals surface area (Å²) >= 11 is 0. The summed E-state index contributed by atoms with van der Waals surface area (Å²) < 4.78 is 5.48. The number of nitrogens with one attached hydrogen (secondary N) is 1. The summed E-state index contributed by atoms with van der Waals surface area (Å²) in [5.74, 6) is 0.929. The molecular weight excluding hydrogens is 248 g/mol. The number of hydrogen-bond donors (Lipinski definition) is 1. The highest BCUT2D eigenvalue weighted by Gasteiger charge is 2.15. The summed E-state index contributed by atoms with van der Waals surface area (Å²) in [5, 5.41) is 3.56. The lowest BCUT2D eigenvalue weighted by Gasteiger charge is -2.22. The van der Waals surface area contributed by atoms with E-state index in [2.05, 4.69) is 49.3 Å². The molecule has 3 nitrogen and oxygen atoms in total. The Morgan fingerprint density at radius 2 is 1.90 bits per heavy atom. The maximum absolute atomic E-state index is 5.48. The average Bonchev–Trinajstić information content (AvgIpc) is 2.47. The van der Waals surface area contributed by atoms with E-state index >= 15 is 0 Å². The largest absolute Gasteiger partial charge is 0.496 e. The van der Waals surface area contributed by atoms with Gasteiger partial charge in [-0.3, -0.25) is 4.98 Å². The highest BCUT2D eigenvalue weighted by Crippen LogP contribution is 2.27. The Labute approximate surface area is 121 Å². The Bertz CT molecular complexity index is 554. The molecule has 0 radical (unpaired) electrons. The highest BCUT2D eigenvalue weighted by molar-refractivity contribution is 5.39. The number of nitrogens with zero attached hydrogens (tertiary/aromatic N) is 1. The van der Waals surface area contributed by atoms with Crippen LogP contribution in [0.4, 0.5) is 0 Å². The Morgan fingerprint density at radius 3 is 2.55 bits per heavy atom. The average molecular weight is 270 g/mol. The van der Waals surface area contributed by atoms with Crippen molar-refractivity contribution in [2.45, 2.75) is 32.9 Å². The number of pyridine rings is 1. The van der Waals surface area contributed by atoms with Crippen LogP contribution >= 0.6 is 0 Å². The lowest BCUT2D eigenvalue weighted by molar-refractivity contribution is 0.395. The SMILES string of the molecule is COc1cc(C)ccc1C(C)NC(C)c1ccccn1. The van der Waals surface area contributed by atoms with Gasteiger partial charge in [0.1, 0.15) is 5.75 Å². The van der Waals surface area contributed by atoms with Crippen LogP contribution in [0.2, 0.25) is 0 Å². The van der Waals surface area contributed by atoms with E-state index in [0.29, 0.717) is 0 Å². The van der Waals surface area contributed by atoms with E-state index in [4.69, 9.17) is 4.74 Å². The number of benzene rings is 1. The predicted octanol–water partition coefficient (Wildman–Crippen LogP) is 3.81. The van der Waals surface area contributed by atoms with E-state index < -0.39 is 0 Å². The second kappa shape index (κ2) is 6.53. The maximum atomic E-state index is 5.48. The molecule has 0 aliphatic carbocycles. The van der Waals surface area contributed by atoms with Gasteiger partial charge >= 0.3 is 0 Å². The van der Waals surface area contributed by atoms with Crippen molar-refractivity contribution in [2.75, 3.05) is 7.11 Å². The molecule has 1 heterocycles. The minimum Gasteiger partial charge on any atom is -0.496 e. The van der Waals surface area contributed by atoms with Gasteiger partial charge < -0.3 is 10.1 Å². The first-order chi connectivity index (χ1) is 9.61. The molecule has 2 aromatic rings. The second-order valence-electron chi connectivity index (χ2n) is 5.11. The van der Waals surface area contributed by atoms with Crippen LogP contribution in [0, 0.1) is 6.92 Å². The fourth-order valence-corrected chi connectivity index (χ4v) is 2.36. The van der Waals surface area contributed by atoms with Crippen LogP contribution in [0.5, 0.6) is 5.75 Å². The van der Waals surface area contributed by atoms with Gasteiger partial charge in [0.2, 0.25) is 0 Å². The number of aryl methyl sites for hydroxylation is 1. The van der Waals surface area contributed by atoms with Crippen LogP contribution in [0.15, 0.2) is 42.6 Å². The van der Waals surface area contributed by atoms with Crippen LogP contribution in [0.3, 0.4) is 0 Å². The third kappa shape index (κ3) is 3.36. The van der Waals surface area contributed by atoms with Gasteiger partial charge in [-0.15, -0.1) is 0 Å². The van der Waals surface area contributed by atoms with E-state index in [0.717, 1.165) is 11.4 Å². The predicted molar refractivity (Wildman–Crippen MR) is 81.9 cm³/mol. The molecule has 2 rings (SSSR count). The van der Waals surface area contributed by atoms with Crippen molar-refractivity contribution in [1.29, 1.82) is 0 Å². The molecular formula is C17H22N2O. The molecule has 0 aliphatic heterocycles. The van der Waals surface area contributed by atoms with Gasteiger partial charge in [0.05, 0.1) is 12.8 Å². The molecule has 1 aromatic heterocycles. The molecule has 3 heteroatoms. The molecule has 2 unspecified atom stereocenters. The lowest BCUT2D eigenvalue weighted by atomic mass is 10.0. The molecule has 106 valence electrons. The number of ether oxygens (including phenoxy) is 1. The van der Waals surface area contributed by atoms with Crippen LogP contribution < -0.4 is 10.1 Å². The van der Waals surface area contributed by atoms with Crippen molar-refractivity contribution in [3.05, 3.63) is 59.4 Å². The normalized spacial score (nSPS) is 13.8.